The molecule has 2 heterocycles. The molecule has 0 spiro atoms. The third-order valence-electron chi connectivity index (χ3n) is 2.22. The Morgan fingerprint density at radius 3 is 2.68 bits per heavy atom. The third kappa shape index (κ3) is 2.99. The van der Waals surface area contributed by atoms with E-state index in [1.807, 2.05) is 0 Å². The normalized spacial score (nSPS) is 11.8. The van der Waals surface area contributed by atoms with Crippen molar-refractivity contribution in [2.75, 3.05) is 0 Å². The first kappa shape index (κ1) is 14.1. The van der Waals surface area contributed by atoms with Crippen LogP contribution in [-0.4, -0.2) is 14.8 Å². The van der Waals surface area contributed by atoms with E-state index < -0.39 is 11.9 Å². The van der Waals surface area contributed by atoms with Crippen LogP contribution < -0.4 is 0 Å². The second-order valence-corrected chi connectivity index (χ2v) is 4.12. The molecule has 2 aromatic heterocycles. The molecule has 0 unspecified atom stereocenters. The van der Waals surface area contributed by atoms with Gasteiger partial charge in [0.25, 0.3) is 0 Å². The van der Waals surface area contributed by atoms with E-state index in [1.54, 1.807) is 6.07 Å². The number of rotatable bonds is 3. The molecule has 0 atom stereocenters. The molecule has 4 nitrogen and oxygen atoms in total. The Kier molecular flexibility index (Phi) is 3.98. The van der Waals surface area contributed by atoms with Crippen molar-refractivity contribution >= 4 is 23.5 Å². The molecule has 0 aliphatic carbocycles. The molecule has 0 fully saturated rings. The monoisotopic (exact) mass is 311 g/mol. The van der Waals surface area contributed by atoms with Crippen LogP contribution in [0.2, 0.25) is 5.02 Å². The highest BCUT2D eigenvalue weighted by Gasteiger charge is 2.35. The predicted octanol–water partition coefficient (Wildman–Crippen LogP) is 3.61. The van der Waals surface area contributed by atoms with Crippen molar-refractivity contribution in [1.82, 2.24) is 14.8 Å². The van der Waals surface area contributed by atoms with Crippen LogP contribution in [0.25, 0.3) is 5.82 Å². The van der Waals surface area contributed by atoms with Crippen molar-refractivity contribution in [2.45, 2.75) is 12.8 Å². The number of nitrogens with zero attached hydrogens (tertiary/aromatic N) is 3. The molecule has 0 saturated carbocycles. The van der Waals surface area contributed by atoms with Gasteiger partial charge >= 0.3 is 6.18 Å². The molecular weight excluding hydrogens is 306 g/mol. The molecule has 0 aliphatic rings. The van der Waals surface area contributed by atoms with Gasteiger partial charge in [0.15, 0.2) is 11.5 Å². The minimum atomic E-state index is -4.58. The smallest absolute Gasteiger partial charge is 0.273 e. The highest BCUT2D eigenvalue weighted by Crippen LogP contribution is 2.30. The van der Waals surface area contributed by atoms with Gasteiger partial charge in [-0.2, -0.15) is 18.3 Å². The maximum absolute atomic E-state index is 12.6. The van der Waals surface area contributed by atoms with Crippen LogP contribution in [0.1, 0.15) is 11.4 Å². The van der Waals surface area contributed by atoms with Crippen molar-refractivity contribution in [3.05, 3.63) is 40.8 Å². The quantitative estimate of drug-likeness (QED) is 0.869. The van der Waals surface area contributed by atoms with E-state index in [9.17, 15) is 13.2 Å². The van der Waals surface area contributed by atoms with E-state index in [4.69, 9.17) is 23.5 Å². The number of hydrogen-bond acceptors (Lipinski definition) is 3. The first-order valence-electron chi connectivity index (χ1n) is 4.94. The number of halogens is 5. The largest absolute Gasteiger partial charge is 0.435 e. The molecular formula is C10H6Cl2F3N3O. The molecule has 0 radical (unpaired) electrons. The van der Waals surface area contributed by atoms with Crippen molar-refractivity contribution in [2.24, 2.45) is 0 Å². The molecule has 2 rings (SSSR count). The van der Waals surface area contributed by atoms with Gasteiger partial charge in [-0.25, -0.2) is 9.67 Å². The van der Waals surface area contributed by atoms with Crippen LogP contribution in [0.3, 0.4) is 0 Å². The van der Waals surface area contributed by atoms with Crippen LogP contribution in [0.4, 0.5) is 13.2 Å². The van der Waals surface area contributed by atoms with Gasteiger partial charge in [0.2, 0.25) is 0 Å². The van der Waals surface area contributed by atoms with Crippen molar-refractivity contribution in [3.8, 4) is 5.82 Å². The number of alkyl halides is 3. The van der Waals surface area contributed by atoms with E-state index in [2.05, 4.69) is 14.4 Å². The third-order valence-corrected chi connectivity index (χ3v) is 2.62. The summed E-state index contributed by atoms with van der Waals surface area (Å²) in [6.45, 7) is -0.266. The van der Waals surface area contributed by atoms with Gasteiger partial charge in [0, 0.05) is 6.20 Å². The fourth-order valence-corrected chi connectivity index (χ4v) is 1.75. The fourth-order valence-electron chi connectivity index (χ4n) is 1.43. The Labute approximate surface area is 115 Å². The summed E-state index contributed by atoms with van der Waals surface area (Å²) in [7, 11) is 0. The van der Waals surface area contributed by atoms with E-state index in [1.165, 1.54) is 12.3 Å². The van der Waals surface area contributed by atoms with E-state index in [0.29, 0.717) is 0 Å². The summed E-state index contributed by atoms with van der Waals surface area (Å²) in [6, 6.07) is 3.87. The topological polar surface area (TPSA) is 39.9 Å². The van der Waals surface area contributed by atoms with Crippen LogP contribution in [0.5, 0.6) is 0 Å². The van der Waals surface area contributed by atoms with Gasteiger partial charge < -0.3 is 0 Å². The molecule has 9 heteroatoms. The molecule has 0 aliphatic heterocycles. The van der Waals surface area contributed by atoms with Crippen molar-refractivity contribution in [1.29, 1.82) is 0 Å². The van der Waals surface area contributed by atoms with E-state index >= 15 is 0 Å². The van der Waals surface area contributed by atoms with Gasteiger partial charge in [-0.1, -0.05) is 11.6 Å². The van der Waals surface area contributed by atoms with Crippen LogP contribution >= 0.6 is 23.5 Å². The Morgan fingerprint density at radius 2 is 2.11 bits per heavy atom. The molecule has 0 aromatic carbocycles. The lowest BCUT2D eigenvalue weighted by molar-refractivity contribution is -0.141. The Balaban J connectivity index is 2.56. The van der Waals surface area contributed by atoms with Crippen LogP contribution in [0.15, 0.2) is 24.4 Å². The van der Waals surface area contributed by atoms with E-state index in [-0.39, 0.29) is 23.1 Å². The van der Waals surface area contributed by atoms with Crippen molar-refractivity contribution < 1.29 is 17.5 Å². The maximum atomic E-state index is 12.6. The summed E-state index contributed by atoms with van der Waals surface area (Å²) in [6.07, 6.45) is -3.19. The predicted molar refractivity (Wildman–Crippen MR) is 62.0 cm³/mol. The lowest BCUT2D eigenvalue weighted by Crippen LogP contribution is -2.09. The number of hydrogen-bond donors (Lipinski definition) is 0. The van der Waals surface area contributed by atoms with Crippen LogP contribution in [-0.2, 0) is 17.1 Å². The highest BCUT2D eigenvalue weighted by atomic mass is 35.5. The number of pyridine rings is 1. The zero-order chi connectivity index (χ0) is 14.0. The highest BCUT2D eigenvalue weighted by molar-refractivity contribution is 6.32. The summed E-state index contributed by atoms with van der Waals surface area (Å²) in [5.74, 6) is 0.0726. The summed E-state index contributed by atoms with van der Waals surface area (Å²) in [5.41, 5.74) is -0.985. The van der Waals surface area contributed by atoms with Crippen molar-refractivity contribution in [3.63, 3.8) is 0 Å². The molecule has 0 bridgehead atoms. The standard InChI is InChI=1S/C10H6Cl2F3N3O/c11-7-2-1-3-16-9(7)18-6(5-19-12)4-8(17-18)10(13,14)15/h1-4H,5H2. The lowest BCUT2D eigenvalue weighted by Gasteiger charge is -2.06. The van der Waals surface area contributed by atoms with Gasteiger partial charge in [0.1, 0.15) is 6.61 Å². The molecule has 0 saturated heterocycles. The van der Waals surface area contributed by atoms with E-state index in [0.717, 1.165) is 10.7 Å². The second-order valence-electron chi connectivity index (χ2n) is 3.49. The first-order valence-corrected chi connectivity index (χ1v) is 5.62. The summed E-state index contributed by atoms with van der Waals surface area (Å²) in [4.78, 5) is 3.89. The molecule has 2 aromatic rings. The average molecular weight is 312 g/mol. The average Bonchev–Trinajstić information content (AvgIpc) is 2.74. The zero-order valence-electron chi connectivity index (χ0n) is 9.16. The fraction of sp³-hybridized carbons (Fsp3) is 0.200. The van der Waals surface area contributed by atoms with Gasteiger partial charge in [-0.3, -0.25) is 4.29 Å². The SMILES string of the molecule is FC(F)(F)c1cc(COCl)n(-c2ncccc2Cl)n1. The molecule has 102 valence electrons. The zero-order valence-corrected chi connectivity index (χ0v) is 10.7. The second kappa shape index (κ2) is 5.36. The van der Waals surface area contributed by atoms with Crippen LogP contribution in [0, 0.1) is 0 Å². The minimum absolute atomic E-state index is 0.0726. The maximum Gasteiger partial charge on any atom is 0.435 e. The van der Waals surface area contributed by atoms with Gasteiger partial charge in [-0.05, 0) is 18.2 Å². The first-order chi connectivity index (χ1) is 8.93. The minimum Gasteiger partial charge on any atom is -0.273 e. The summed E-state index contributed by atoms with van der Waals surface area (Å²) in [5, 5.41) is 3.60. The molecule has 19 heavy (non-hydrogen) atoms. The molecule has 0 amide bonds. The Morgan fingerprint density at radius 1 is 1.37 bits per heavy atom. The Hall–Kier alpha value is -1.31. The Bertz CT molecular complexity index is 586. The van der Waals surface area contributed by atoms with Gasteiger partial charge in [0.05, 0.1) is 22.6 Å². The number of aromatic nitrogens is 3. The summed E-state index contributed by atoms with van der Waals surface area (Å²) < 4.78 is 43.2. The molecule has 0 N–H and O–H groups in total. The van der Waals surface area contributed by atoms with Gasteiger partial charge in [-0.15, -0.1) is 0 Å². The summed E-state index contributed by atoms with van der Waals surface area (Å²) >= 11 is 11.0. The lowest BCUT2D eigenvalue weighted by atomic mass is 10.3.